The number of anilines is 1. The first-order chi connectivity index (χ1) is 17.4. The van der Waals surface area contributed by atoms with Crippen molar-refractivity contribution in [1.29, 1.82) is 0 Å². The van der Waals surface area contributed by atoms with Crippen molar-refractivity contribution in [2.45, 2.75) is 37.2 Å². The summed E-state index contributed by atoms with van der Waals surface area (Å²) in [6, 6.07) is 22.8. The van der Waals surface area contributed by atoms with Crippen LogP contribution < -0.4 is 4.31 Å². The van der Waals surface area contributed by atoms with Crippen molar-refractivity contribution in [3.8, 4) is 0 Å². The number of hydrogen-bond donors (Lipinski definition) is 0. The molecule has 4 atom stereocenters. The number of ether oxygens (including phenoxy) is 1. The summed E-state index contributed by atoms with van der Waals surface area (Å²) in [6.45, 7) is 5.10. The quantitative estimate of drug-likeness (QED) is 0.486. The van der Waals surface area contributed by atoms with Crippen molar-refractivity contribution in [3.05, 3.63) is 95.1 Å². The number of esters is 1. The van der Waals surface area contributed by atoms with Gasteiger partial charge in [-0.25, -0.2) is 8.42 Å². The molecular weight excluding hydrogens is 472 g/mol. The lowest BCUT2D eigenvalue weighted by atomic mass is 9.79. The predicted octanol–water partition coefficient (Wildman–Crippen LogP) is 4.65. The van der Waals surface area contributed by atoms with E-state index in [4.69, 9.17) is 4.74 Å². The Bertz CT molecular complexity index is 1420. The van der Waals surface area contributed by atoms with Crippen molar-refractivity contribution in [1.82, 2.24) is 4.90 Å². The van der Waals surface area contributed by atoms with Crippen molar-refractivity contribution >= 4 is 21.7 Å². The number of carbonyl (C=O) groups excluding carboxylic acids is 1. The van der Waals surface area contributed by atoms with E-state index in [0.29, 0.717) is 12.3 Å². The fraction of sp³-hybridized carbons (Fsp3) is 0.345. The van der Waals surface area contributed by atoms with Gasteiger partial charge in [0, 0.05) is 31.1 Å². The molecule has 186 valence electrons. The molecule has 6 nitrogen and oxygen atoms in total. The van der Waals surface area contributed by atoms with Crippen LogP contribution in [0.2, 0.25) is 0 Å². The summed E-state index contributed by atoms with van der Waals surface area (Å²) in [5, 5.41) is 0. The molecule has 3 aliphatic heterocycles. The number of fused-ring (bicyclic) bond motifs is 7. The maximum Gasteiger partial charge on any atom is 0.311 e. The van der Waals surface area contributed by atoms with Crippen LogP contribution in [0.5, 0.6) is 0 Å². The predicted molar refractivity (Wildman–Crippen MR) is 138 cm³/mol. The van der Waals surface area contributed by atoms with E-state index in [-0.39, 0.29) is 35.4 Å². The van der Waals surface area contributed by atoms with Gasteiger partial charge in [-0.3, -0.25) is 14.0 Å². The van der Waals surface area contributed by atoms with Crippen LogP contribution >= 0.6 is 0 Å². The number of rotatable bonds is 4. The molecule has 36 heavy (non-hydrogen) atoms. The highest BCUT2D eigenvalue weighted by atomic mass is 32.2. The van der Waals surface area contributed by atoms with Crippen molar-refractivity contribution in [2.24, 2.45) is 11.8 Å². The Morgan fingerprint density at radius 2 is 1.64 bits per heavy atom. The standard InChI is InChI=1S/C29H30N2O4S/c1-3-35-29(32)26-24-18-31(36(33,34)21-14-12-19(2)13-15-21)25-11-7-6-10-23(25)27(24)30-17-16-20-8-4-5-9-22(20)28(26)30/h4-15,24,26-28H,3,16-18H2,1-2H3/t24-,26-,27-,28-/m1/s1. The lowest BCUT2D eigenvalue weighted by molar-refractivity contribution is -0.150. The minimum absolute atomic E-state index is 0.0570. The number of benzene rings is 3. The Morgan fingerprint density at radius 3 is 2.39 bits per heavy atom. The first-order valence-electron chi connectivity index (χ1n) is 12.6. The average molecular weight is 503 g/mol. The topological polar surface area (TPSA) is 66.9 Å². The van der Waals surface area contributed by atoms with E-state index in [1.165, 1.54) is 9.87 Å². The van der Waals surface area contributed by atoms with E-state index in [1.807, 2.05) is 62.4 Å². The highest BCUT2D eigenvalue weighted by Crippen LogP contribution is 2.58. The van der Waals surface area contributed by atoms with Gasteiger partial charge in [-0.1, -0.05) is 60.2 Å². The Morgan fingerprint density at radius 1 is 0.944 bits per heavy atom. The van der Waals surface area contributed by atoms with Gasteiger partial charge in [0.2, 0.25) is 0 Å². The molecule has 3 aliphatic rings. The van der Waals surface area contributed by atoms with E-state index in [2.05, 4.69) is 17.0 Å². The monoisotopic (exact) mass is 502 g/mol. The van der Waals surface area contributed by atoms with Crippen LogP contribution in [0.3, 0.4) is 0 Å². The molecule has 3 heterocycles. The minimum atomic E-state index is -3.82. The van der Waals surface area contributed by atoms with Crippen LogP contribution in [0.25, 0.3) is 0 Å². The Balaban J connectivity index is 1.51. The molecule has 0 saturated carbocycles. The largest absolute Gasteiger partial charge is 0.466 e. The molecule has 0 radical (unpaired) electrons. The molecule has 0 aromatic heterocycles. The molecule has 6 rings (SSSR count). The van der Waals surface area contributed by atoms with Crippen molar-refractivity contribution in [3.63, 3.8) is 0 Å². The van der Waals surface area contributed by atoms with Crippen LogP contribution in [0.1, 0.15) is 41.3 Å². The molecule has 0 N–H and O–H groups in total. The number of para-hydroxylation sites is 1. The van der Waals surface area contributed by atoms with Gasteiger partial charge in [-0.2, -0.15) is 0 Å². The molecule has 0 spiro atoms. The molecule has 0 amide bonds. The lowest BCUT2D eigenvalue weighted by Gasteiger charge is -2.41. The highest BCUT2D eigenvalue weighted by molar-refractivity contribution is 7.92. The van der Waals surface area contributed by atoms with Gasteiger partial charge >= 0.3 is 5.97 Å². The van der Waals surface area contributed by atoms with E-state index in [0.717, 1.165) is 29.7 Å². The SMILES string of the molecule is CCOC(=O)[C@@H]1[C@H]2CN(S(=O)(=O)c3ccc(C)cc3)c3ccccc3[C@H]2N2CCc3ccccc3[C@H]12. The second kappa shape index (κ2) is 8.75. The Kier molecular flexibility index (Phi) is 5.65. The molecule has 7 heteroatoms. The van der Waals surface area contributed by atoms with Crippen LogP contribution in [-0.4, -0.2) is 39.0 Å². The van der Waals surface area contributed by atoms with E-state index < -0.39 is 15.9 Å². The first-order valence-corrected chi connectivity index (χ1v) is 14.0. The summed E-state index contributed by atoms with van der Waals surface area (Å²) in [4.78, 5) is 16.2. The third-order valence-electron chi connectivity index (χ3n) is 8.00. The van der Waals surface area contributed by atoms with Gasteiger partial charge in [0.1, 0.15) is 0 Å². The van der Waals surface area contributed by atoms with E-state index in [1.54, 1.807) is 12.1 Å². The zero-order valence-electron chi connectivity index (χ0n) is 20.5. The number of aryl methyl sites for hydroxylation is 1. The van der Waals surface area contributed by atoms with Gasteiger partial charge < -0.3 is 4.74 Å². The van der Waals surface area contributed by atoms with Crippen LogP contribution in [0.4, 0.5) is 5.69 Å². The first kappa shape index (κ1) is 23.3. The minimum Gasteiger partial charge on any atom is -0.466 e. The van der Waals surface area contributed by atoms with Crippen LogP contribution in [0.15, 0.2) is 77.7 Å². The van der Waals surface area contributed by atoms with Gasteiger partial charge in [-0.15, -0.1) is 0 Å². The number of carbonyl (C=O) groups is 1. The smallest absolute Gasteiger partial charge is 0.311 e. The lowest BCUT2D eigenvalue weighted by Crippen LogP contribution is -2.44. The summed E-state index contributed by atoms with van der Waals surface area (Å²) in [5.41, 5.74) is 5.06. The molecule has 0 aliphatic carbocycles. The molecule has 0 unspecified atom stereocenters. The van der Waals surface area contributed by atoms with Gasteiger partial charge in [0.25, 0.3) is 10.0 Å². The second-order valence-electron chi connectivity index (χ2n) is 9.93. The fourth-order valence-corrected chi connectivity index (χ4v) is 8.02. The summed E-state index contributed by atoms with van der Waals surface area (Å²) in [7, 11) is -3.82. The van der Waals surface area contributed by atoms with Crippen LogP contribution in [0, 0.1) is 18.8 Å². The molecule has 3 aromatic carbocycles. The molecule has 0 bridgehead atoms. The number of sulfonamides is 1. The third-order valence-corrected chi connectivity index (χ3v) is 9.80. The molecule has 1 saturated heterocycles. The Hall–Kier alpha value is -3.16. The number of nitrogens with zero attached hydrogens (tertiary/aromatic N) is 2. The third kappa shape index (κ3) is 3.48. The van der Waals surface area contributed by atoms with Crippen molar-refractivity contribution in [2.75, 3.05) is 24.0 Å². The summed E-state index contributed by atoms with van der Waals surface area (Å²) < 4.78 is 35.1. The van der Waals surface area contributed by atoms with Gasteiger partial charge in [-0.05, 0) is 55.2 Å². The normalized spacial score (nSPS) is 24.9. The second-order valence-corrected chi connectivity index (χ2v) is 11.8. The summed E-state index contributed by atoms with van der Waals surface area (Å²) in [5.74, 6) is -0.931. The average Bonchev–Trinajstić information content (AvgIpc) is 3.24. The summed E-state index contributed by atoms with van der Waals surface area (Å²) >= 11 is 0. The van der Waals surface area contributed by atoms with Crippen LogP contribution in [-0.2, 0) is 26.0 Å². The van der Waals surface area contributed by atoms with Gasteiger partial charge in [0.15, 0.2) is 0 Å². The molecule has 1 fully saturated rings. The zero-order chi connectivity index (χ0) is 25.0. The zero-order valence-corrected chi connectivity index (χ0v) is 21.3. The molecule has 3 aromatic rings. The molecular formula is C29H30N2O4S. The fourth-order valence-electron chi connectivity index (χ4n) is 6.49. The van der Waals surface area contributed by atoms with Crippen molar-refractivity contribution < 1.29 is 17.9 Å². The highest BCUT2D eigenvalue weighted by Gasteiger charge is 2.58. The maximum absolute atomic E-state index is 14.0. The maximum atomic E-state index is 14.0. The number of hydrogen-bond acceptors (Lipinski definition) is 5. The van der Waals surface area contributed by atoms with E-state index >= 15 is 0 Å². The van der Waals surface area contributed by atoms with E-state index in [9.17, 15) is 13.2 Å². The summed E-state index contributed by atoms with van der Waals surface area (Å²) in [6.07, 6.45) is 0.902. The Labute approximate surface area is 212 Å². The van der Waals surface area contributed by atoms with Gasteiger partial charge in [0.05, 0.1) is 23.1 Å².